The number of hydrogen-bond donors (Lipinski definition) is 2. The second-order valence-corrected chi connectivity index (χ2v) is 8.42. The average molecular weight is 458 g/mol. The topological polar surface area (TPSA) is 88.6 Å². The molecule has 0 radical (unpaired) electrons. The smallest absolute Gasteiger partial charge is 0.254 e. The SMILES string of the molecule is C#Cc1cc2cnc(Nc3ccc(C(=O)N4CCOCC4)cc3)nc2cc1OC1CCNCC1. The number of piperidine rings is 1. The number of terminal acetylenes is 1. The zero-order valence-corrected chi connectivity index (χ0v) is 18.9. The number of carbonyl (C=O) groups excluding carboxylic acids is 1. The highest BCUT2D eigenvalue weighted by Gasteiger charge is 2.19. The van der Waals surface area contributed by atoms with Crippen molar-refractivity contribution in [2.75, 3.05) is 44.7 Å². The average Bonchev–Trinajstić information content (AvgIpc) is 2.89. The van der Waals surface area contributed by atoms with E-state index >= 15 is 0 Å². The zero-order valence-electron chi connectivity index (χ0n) is 18.9. The van der Waals surface area contributed by atoms with Gasteiger partial charge in [-0.1, -0.05) is 5.92 Å². The summed E-state index contributed by atoms with van der Waals surface area (Å²) in [5.41, 5.74) is 2.90. The molecule has 0 unspecified atom stereocenters. The first-order valence-electron chi connectivity index (χ1n) is 11.6. The Morgan fingerprint density at radius 2 is 1.94 bits per heavy atom. The van der Waals surface area contributed by atoms with Crippen LogP contribution in [0.2, 0.25) is 0 Å². The number of rotatable bonds is 5. The number of amides is 1. The first kappa shape index (κ1) is 22.1. The van der Waals surface area contributed by atoms with Crippen LogP contribution < -0.4 is 15.4 Å². The van der Waals surface area contributed by atoms with E-state index in [-0.39, 0.29) is 12.0 Å². The van der Waals surface area contributed by atoms with Crippen LogP contribution in [0.4, 0.5) is 11.6 Å². The third kappa shape index (κ3) is 4.96. The standard InChI is InChI=1S/C26H27N5O3/c1-2-18-15-20-17-28-26(30-23(20)16-24(18)34-22-7-9-27-10-8-22)29-21-5-3-19(4-6-21)25(32)31-11-13-33-14-12-31/h1,3-6,15-17,22,27H,7-14H2,(H,28,29,30). The quantitative estimate of drug-likeness (QED) is 0.570. The number of fused-ring (bicyclic) bond motifs is 1. The van der Waals surface area contributed by atoms with E-state index in [9.17, 15) is 4.79 Å². The van der Waals surface area contributed by atoms with Gasteiger partial charge >= 0.3 is 0 Å². The highest BCUT2D eigenvalue weighted by molar-refractivity contribution is 5.94. The largest absolute Gasteiger partial charge is 0.489 e. The molecule has 0 saturated carbocycles. The van der Waals surface area contributed by atoms with Crippen molar-refractivity contribution in [3.63, 3.8) is 0 Å². The second kappa shape index (κ2) is 10.1. The molecular formula is C26H27N5O3. The van der Waals surface area contributed by atoms with Crippen molar-refractivity contribution in [2.24, 2.45) is 0 Å². The van der Waals surface area contributed by atoms with Crippen LogP contribution in [0.5, 0.6) is 5.75 Å². The lowest BCUT2D eigenvalue weighted by molar-refractivity contribution is 0.0303. The molecule has 1 aromatic heterocycles. The number of carbonyl (C=O) groups is 1. The van der Waals surface area contributed by atoms with Gasteiger partial charge in [0, 0.05) is 42.0 Å². The van der Waals surface area contributed by atoms with Crippen molar-refractivity contribution in [1.82, 2.24) is 20.2 Å². The molecule has 0 atom stereocenters. The highest BCUT2D eigenvalue weighted by atomic mass is 16.5. The highest BCUT2D eigenvalue weighted by Crippen LogP contribution is 2.27. The maximum Gasteiger partial charge on any atom is 0.254 e. The van der Waals surface area contributed by atoms with Gasteiger partial charge in [-0.05, 0) is 56.3 Å². The first-order chi connectivity index (χ1) is 16.7. The molecule has 8 heteroatoms. The Bertz CT molecular complexity index is 1210. The Morgan fingerprint density at radius 3 is 2.68 bits per heavy atom. The van der Waals surface area contributed by atoms with E-state index in [0.29, 0.717) is 49.1 Å². The zero-order chi connectivity index (χ0) is 23.3. The van der Waals surface area contributed by atoms with Crippen molar-refractivity contribution in [3.05, 3.63) is 53.7 Å². The van der Waals surface area contributed by atoms with Gasteiger partial charge in [-0.2, -0.15) is 0 Å². The van der Waals surface area contributed by atoms with E-state index in [1.807, 2.05) is 41.3 Å². The fraction of sp³-hybridized carbons (Fsp3) is 0.346. The van der Waals surface area contributed by atoms with Crippen LogP contribution >= 0.6 is 0 Å². The molecule has 2 aliphatic heterocycles. The fourth-order valence-electron chi connectivity index (χ4n) is 4.20. The van der Waals surface area contributed by atoms with Gasteiger partial charge in [0.25, 0.3) is 5.91 Å². The summed E-state index contributed by atoms with van der Waals surface area (Å²) in [6, 6.07) is 11.1. The van der Waals surface area contributed by atoms with E-state index in [0.717, 1.165) is 42.5 Å². The first-order valence-corrected chi connectivity index (χ1v) is 11.6. The molecule has 5 rings (SSSR count). The van der Waals surface area contributed by atoms with Gasteiger partial charge in [0.1, 0.15) is 11.9 Å². The van der Waals surface area contributed by atoms with Crippen LogP contribution in [0.1, 0.15) is 28.8 Å². The van der Waals surface area contributed by atoms with Gasteiger partial charge in [0.15, 0.2) is 0 Å². The van der Waals surface area contributed by atoms with Crippen LogP contribution in [-0.2, 0) is 4.74 Å². The molecule has 2 N–H and O–H groups in total. The summed E-state index contributed by atoms with van der Waals surface area (Å²) < 4.78 is 11.5. The number of nitrogens with one attached hydrogen (secondary N) is 2. The van der Waals surface area contributed by atoms with Gasteiger partial charge in [-0.3, -0.25) is 4.79 Å². The van der Waals surface area contributed by atoms with Gasteiger partial charge in [-0.15, -0.1) is 6.42 Å². The second-order valence-electron chi connectivity index (χ2n) is 8.42. The number of benzene rings is 2. The minimum absolute atomic E-state index is 0.0161. The van der Waals surface area contributed by atoms with Crippen LogP contribution in [-0.4, -0.2) is 66.3 Å². The van der Waals surface area contributed by atoms with Gasteiger partial charge in [0.05, 0.1) is 24.3 Å². The molecule has 8 nitrogen and oxygen atoms in total. The van der Waals surface area contributed by atoms with Gasteiger partial charge < -0.3 is 25.0 Å². The van der Waals surface area contributed by atoms with Crippen molar-refractivity contribution in [1.29, 1.82) is 0 Å². The van der Waals surface area contributed by atoms with Gasteiger partial charge in [-0.25, -0.2) is 9.97 Å². The molecule has 3 aromatic rings. The third-order valence-electron chi connectivity index (χ3n) is 6.10. The minimum Gasteiger partial charge on any atom is -0.489 e. The summed E-state index contributed by atoms with van der Waals surface area (Å²) >= 11 is 0. The molecular weight excluding hydrogens is 430 g/mol. The number of anilines is 2. The molecule has 2 fully saturated rings. The molecule has 3 heterocycles. The van der Waals surface area contributed by atoms with Gasteiger partial charge in [0.2, 0.25) is 5.95 Å². The molecule has 34 heavy (non-hydrogen) atoms. The Morgan fingerprint density at radius 1 is 1.18 bits per heavy atom. The lowest BCUT2D eigenvalue weighted by Gasteiger charge is -2.26. The van der Waals surface area contributed by atoms with E-state index < -0.39 is 0 Å². The predicted octanol–water partition coefficient (Wildman–Crippen LogP) is 2.96. The van der Waals surface area contributed by atoms with E-state index in [1.165, 1.54) is 0 Å². The Labute approximate surface area is 198 Å². The van der Waals surface area contributed by atoms with Crippen molar-refractivity contribution in [2.45, 2.75) is 18.9 Å². The van der Waals surface area contributed by atoms with Crippen molar-refractivity contribution in [3.8, 4) is 18.1 Å². The molecule has 2 saturated heterocycles. The summed E-state index contributed by atoms with van der Waals surface area (Å²) in [6.45, 7) is 4.28. The summed E-state index contributed by atoms with van der Waals surface area (Å²) in [4.78, 5) is 23.5. The lowest BCUT2D eigenvalue weighted by atomic mass is 10.1. The summed E-state index contributed by atoms with van der Waals surface area (Å²) in [5, 5.41) is 7.40. The number of aromatic nitrogens is 2. The molecule has 0 bridgehead atoms. The molecule has 0 aliphatic carbocycles. The maximum atomic E-state index is 12.6. The van der Waals surface area contributed by atoms with Crippen molar-refractivity contribution >= 4 is 28.4 Å². The lowest BCUT2D eigenvalue weighted by Crippen LogP contribution is -2.40. The van der Waals surface area contributed by atoms with E-state index in [2.05, 4.69) is 26.5 Å². The summed E-state index contributed by atoms with van der Waals surface area (Å²) in [6.07, 6.45) is 9.51. The summed E-state index contributed by atoms with van der Waals surface area (Å²) in [7, 11) is 0. The Balaban J connectivity index is 1.32. The monoisotopic (exact) mass is 457 g/mol. The molecule has 2 aliphatic rings. The Kier molecular flexibility index (Phi) is 6.56. The number of hydrogen-bond acceptors (Lipinski definition) is 7. The normalized spacial score (nSPS) is 16.7. The number of ether oxygens (including phenoxy) is 2. The molecule has 1 amide bonds. The van der Waals surface area contributed by atoms with Crippen LogP contribution in [0.3, 0.4) is 0 Å². The van der Waals surface area contributed by atoms with Crippen LogP contribution in [0.15, 0.2) is 42.6 Å². The third-order valence-corrected chi connectivity index (χ3v) is 6.10. The minimum atomic E-state index is 0.0161. The molecule has 2 aromatic carbocycles. The maximum absolute atomic E-state index is 12.6. The van der Waals surface area contributed by atoms with E-state index in [1.54, 1.807) is 6.20 Å². The molecule has 0 spiro atoms. The summed E-state index contributed by atoms with van der Waals surface area (Å²) in [5.74, 6) is 3.87. The molecule has 174 valence electrons. The predicted molar refractivity (Wildman–Crippen MR) is 130 cm³/mol. The van der Waals surface area contributed by atoms with Crippen LogP contribution in [0, 0.1) is 12.3 Å². The van der Waals surface area contributed by atoms with E-state index in [4.69, 9.17) is 15.9 Å². The van der Waals surface area contributed by atoms with Crippen molar-refractivity contribution < 1.29 is 14.3 Å². The Hall–Kier alpha value is -3.67. The number of nitrogens with zero attached hydrogens (tertiary/aromatic N) is 3. The fourth-order valence-corrected chi connectivity index (χ4v) is 4.20. The number of morpholine rings is 1. The van der Waals surface area contributed by atoms with Crippen LogP contribution in [0.25, 0.3) is 10.9 Å².